The van der Waals surface area contributed by atoms with E-state index >= 15 is 0 Å². The molecule has 0 spiro atoms. The highest BCUT2D eigenvalue weighted by Gasteiger charge is 2.53. The molecule has 1 N–H and O–H groups in total. The van der Waals surface area contributed by atoms with Crippen LogP contribution >= 0.6 is 0 Å². The number of ether oxygens (including phenoxy) is 2. The smallest absolute Gasteiger partial charge is 0.416 e. The first-order valence-corrected chi connectivity index (χ1v) is 14.5. The summed E-state index contributed by atoms with van der Waals surface area (Å²) in [5, 5.41) is 2.79. The third kappa shape index (κ3) is 7.46. The molecule has 246 valence electrons. The first kappa shape index (κ1) is 33.2. The summed E-state index contributed by atoms with van der Waals surface area (Å²) in [5.41, 5.74) is -3.03. The number of rotatable bonds is 7. The van der Waals surface area contributed by atoms with Crippen LogP contribution in [0.15, 0.2) is 72.8 Å². The third-order valence-electron chi connectivity index (χ3n) is 8.44. The zero-order valence-corrected chi connectivity index (χ0v) is 24.8. The number of hydrogen-bond donors (Lipinski definition) is 1. The van der Waals surface area contributed by atoms with E-state index in [2.05, 4.69) is 5.32 Å². The van der Waals surface area contributed by atoms with Crippen molar-refractivity contribution in [2.75, 3.05) is 6.54 Å². The third-order valence-corrected chi connectivity index (χ3v) is 8.44. The normalized spacial score (nSPS) is 24.0. The quantitative estimate of drug-likeness (QED) is 0.265. The second-order valence-electron chi connectivity index (χ2n) is 12.0. The van der Waals surface area contributed by atoms with E-state index in [1.807, 2.05) is 6.07 Å². The summed E-state index contributed by atoms with van der Waals surface area (Å²) >= 11 is 0. The fourth-order valence-corrected chi connectivity index (χ4v) is 6.28. The molecule has 3 aromatic carbocycles. The number of fused-ring (bicyclic) bond motifs is 1. The summed E-state index contributed by atoms with van der Waals surface area (Å²) in [6.07, 6.45) is -12.8. The predicted octanol–water partition coefficient (Wildman–Crippen LogP) is 7.78. The van der Waals surface area contributed by atoms with Crippen molar-refractivity contribution in [3.05, 3.63) is 106 Å². The van der Waals surface area contributed by atoms with Gasteiger partial charge in [-0.1, -0.05) is 42.5 Å². The molecule has 0 aromatic heterocycles. The average molecular weight is 653 g/mol. The second-order valence-corrected chi connectivity index (χ2v) is 12.0. The lowest BCUT2D eigenvalue weighted by atomic mass is 9.78. The summed E-state index contributed by atoms with van der Waals surface area (Å²) in [5.74, 6) is -1.52. The van der Waals surface area contributed by atoms with Crippen LogP contribution in [0.25, 0.3) is 0 Å². The molecule has 0 saturated carbocycles. The second kappa shape index (κ2) is 12.6. The van der Waals surface area contributed by atoms with Crippen molar-refractivity contribution in [1.82, 2.24) is 10.2 Å². The number of hydrogen-bond acceptors (Lipinski definition) is 4. The molecule has 5 rings (SSSR count). The highest BCUT2D eigenvalue weighted by molar-refractivity contribution is 5.81. The van der Waals surface area contributed by atoms with Crippen molar-refractivity contribution in [2.24, 2.45) is 0 Å². The maximum atomic E-state index is 13.9. The van der Waals surface area contributed by atoms with Gasteiger partial charge in [0.15, 0.2) is 0 Å². The molecule has 0 bridgehead atoms. The molecule has 2 heterocycles. The fourth-order valence-electron chi connectivity index (χ4n) is 6.28. The summed E-state index contributed by atoms with van der Waals surface area (Å²) in [4.78, 5) is 27.8. The number of nitrogens with one attached hydrogen (secondary N) is 1. The van der Waals surface area contributed by atoms with Crippen LogP contribution in [0.3, 0.4) is 0 Å². The first-order valence-electron chi connectivity index (χ1n) is 14.5. The van der Waals surface area contributed by atoms with Gasteiger partial charge in [-0.3, -0.25) is 4.79 Å². The summed E-state index contributed by atoms with van der Waals surface area (Å²) < 4.78 is 107. The molecule has 2 aliphatic rings. The largest absolute Gasteiger partial charge is 0.445 e. The number of nitrogens with zero attached hydrogens (tertiary/aromatic N) is 1. The molecular weight excluding hydrogens is 621 g/mol. The van der Waals surface area contributed by atoms with Crippen LogP contribution < -0.4 is 5.32 Å². The Bertz CT molecular complexity index is 1530. The van der Waals surface area contributed by atoms with Gasteiger partial charge in [0.25, 0.3) is 0 Å². The predicted molar refractivity (Wildman–Crippen MR) is 152 cm³/mol. The number of carbonyl (C=O) groups is 2. The van der Waals surface area contributed by atoms with Crippen LogP contribution in [-0.4, -0.2) is 41.1 Å². The number of alkyl halides is 6. The Morgan fingerprint density at radius 1 is 0.978 bits per heavy atom. The van der Waals surface area contributed by atoms with Crippen molar-refractivity contribution in [3.8, 4) is 0 Å². The van der Waals surface area contributed by atoms with Gasteiger partial charge in [-0.15, -0.1) is 0 Å². The molecule has 0 aliphatic carbocycles. The summed E-state index contributed by atoms with van der Waals surface area (Å²) in [6, 6.07) is 15.1. The number of benzene rings is 3. The molecule has 13 heteroatoms. The minimum atomic E-state index is -5.04. The average Bonchev–Trinajstić information content (AvgIpc) is 3.33. The molecule has 46 heavy (non-hydrogen) atoms. The zero-order valence-electron chi connectivity index (χ0n) is 24.8. The molecular formula is C33H31F7N2O4. The zero-order chi connectivity index (χ0) is 33.4. The minimum Gasteiger partial charge on any atom is -0.445 e. The van der Waals surface area contributed by atoms with Gasteiger partial charge in [0.1, 0.15) is 12.4 Å². The van der Waals surface area contributed by atoms with Crippen LogP contribution in [0.2, 0.25) is 0 Å². The van der Waals surface area contributed by atoms with Crippen LogP contribution in [0.1, 0.15) is 66.5 Å². The van der Waals surface area contributed by atoms with E-state index in [4.69, 9.17) is 9.47 Å². The maximum absolute atomic E-state index is 13.9. The fraction of sp³-hybridized carbons (Fsp3) is 0.394. The van der Waals surface area contributed by atoms with E-state index in [-0.39, 0.29) is 43.5 Å². The van der Waals surface area contributed by atoms with Crippen molar-refractivity contribution >= 4 is 12.0 Å². The van der Waals surface area contributed by atoms with Crippen molar-refractivity contribution < 1.29 is 49.8 Å². The molecule has 0 radical (unpaired) electrons. The van der Waals surface area contributed by atoms with Gasteiger partial charge in [0, 0.05) is 24.9 Å². The Balaban J connectivity index is 1.41. The van der Waals surface area contributed by atoms with Gasteiger partial charge < -0.3 is 19.7 Å². The summed E-state index contributed by atoms with van der Waals surface area (Å²) in [6.45, 7) is 3.01. The van der Waals surface area contributed by atoms with E-state index in [0.29, 0.717) is 17.7 Å². The van der Waals surface area contributed by atoms with Gasteiger partial charge in [-0.2, -0.15) is 26.3 Å². The van der Waals surface area contributed by atoms with E-state index < -0.39 is 65.1 Å². The highest BCUT2D eigenvalue weighted by Crippen LogP contribution is 2.45. The van der Waals surface area contributed by atoms with Crippen LogP contribution in [-0.2, 0) is 33.2 Å². The van der Waals surface area contributed by atoms with Gasteiger partial charge >= 0.3 is 18.4 Å². The Labute approximate surface area is 260 Å². The van der Waals surface area contributed by atoms with Gasteiger partial charge in [0.05, 0.1) is 28.9 Å². The Hall–Kier alpha value is -4.13. The molecule has 5 atom stereocenters. The van der Waals surface area contributed by atoms with Gasteiger partial charge in [0.2, 0.25) is 5.91 Å². The number of halogens is 7. The molecule has 6 nitrogen and oxygen atoms in total. The number of piperidine rings is 1. The van der Waals surface area contributed by atoms with Crippen molar-refractivity contribution in [2.45, 2.75) is 75.4 Å². The van der Waals surface area contributed by atoms with Crippen LogP contribution in [0, 0.1) is 5.82 Å². The Morgan fingerprint density at radius 3 is 2.17 bits per heavy atom. The van der Waals surface area contributed by atoms with E-state index in [1.165, 1.54) is 36.1 Å². The first-order chi connectivity index (χ1) is 21.5. The van der Waals surface area contributed by atoms with E-state index in [9.17, 15) is 40.3 Å². The molecule has 2 amide bonds. The lowest BCUT2D eigenvalue weighted by molar-refractivity contribution is -0.143. The van der Waals surface area contributed by atoms with Crippen LogP contribution in [0.5, 0.6) is 0 Å². The monoisotopic (exact) mass is 652 g/mol. The topological polar surface area (TPSA) is 67.9 Å². The van der Waals surface area contributed by atoms with Gasteiger partial charge in [-0.05, 0) is 67.3 Å². The number of carbonyl (C=O) groups excluding carboxylic acids is 2. The van der Waals surface area contributed by atoms with Crippen molar-refractivity contribution in [3.63, 3.8) is 0 Å². The Morgan fingerprint density at radius 2 is 1.59 bits per heavy atom. The molecule has 2 fully saturated rings. The van der Waals surface area contributed by atoms with Crippen molar-refractivity contribution in [1.29, 1.82) is 0 Å². The number of alkyl carbamates (subject to hydrolysis) is 1. The minimum absolute atomic E-state index is 0.00382. The van der Waals surface area contributed by atoms with Gasteiger partial charge in [-0.25, -0.2) is 9.18 Å². The molecule has 3 unspecified atom stereocenters. The molecule has 2 saturated heterocycles. The molecule has 2 aliphatic heterocycles. The standard InChI is InChI=1S/C33H31F7N2O4/c1-19(22-12-23(32(35,36)37)14-24(13-22)33(38,39)40)46-27-17-42-26(29(27)21-8-10-25(34)11-9-21)15-31(2,16-28(42)43)41-30(44)45-18-20-6-4-3-5-7-20/h3-14,19,26-27,29H,15-18H2,1-2H3,(H,41,44)/t19-,26?,27+,29?,31?/m1/s1. The SMILES string of the molecule is C[C@@H](O[C@H]1CN2C(=O)CC(C)(NC(=O)OCc3ccccc3)CC2C1c1ccc(F)cc1)c1cc(C(F)(F)F)cc(C(F)(F)F)c1. The maximum Gasteiger partial charge on any atom is 0.416 e. The summed E-state index contributed by atoms with van der Waals surface area (Å²) in [7, 11) is 0. The Kier molecular flexibility index (Phi) is 9.09. The molecule has 3 aromatic rings. The lowest BCUT2D eigenvalue weighted by Crippen LogP contribution is -2.58. The number of amides is 2. The van der Waals surface area contributed by atoms with E-state index in [0.717, 1.165) is 5.56 Å². The van der Waals surface area contributed by atoms with E-state index in [1.54, 1.807) is 31.2 Å². The lowest BCUT2D eigenvalue weighted by Gasteiger charge is -2.43. The van der Waals surface area contributed by atoms with Crippen LogP contribution in [0.4, 0.5) is 35.5 Å². The highest BCUT2D eigenvalue weighted by atomic mass is 19.4.